The van der Waals surface area contributed by atoms with Gasteiger partial charge in [0.15, 0.2) is 5.76 Å². The van der Waals surface area contributed by atoms with Gasteiger partial charge in [-0.15, -0.1) is 0 Å². The molecule has 1 aromatic heterocycles. The Hall–Kier alpha value is -1.88. The number of furan rings is 1. The number of thiol groups is 1. The molecule has 20 heavy (non-hydrogen) atoms. The van der Waals surface area contributed by atoms with E-state index in [-0.39, 0.29) is 11.7 Å². The second-order valence-electron chi connectivity index (χ2n) is 4.35. The summed E-state index contributed by atoms with van der Waals surface area (Å²) in [6.45, 7) is 2.83. The first kappa shape index (κ1) is 14.5. The number of carbonyl (C=O) groups excluding carboxylic acids is 1. The van der Waals surface area contributed by atoms with Gasteiger partial charge in [-0.2, -0.15) is 12.6 Å². The van der Waals surface area contributed by atoms with Gasteiger partial charge in [0.25, 0.3) is 5.91 Å². The predicted molar refractivity (Wildman–Crippen MR) is 80.4 cm³/mol. The van der Waals surface area contributed by atoms with Crippen molar-refractivity contribution in [2.45, 2.75) is 13.5 Å². The zero-order valence-electron chi connectivity index (χ0n) is 11.3. The predicted octanol–water partition coefficient (Wildman–Crippen LogP) is 2.83. The minimum Gasteiger partial charge on any atom is -0.486 e. The van der Waals surface area contributed by atoms with E-state index in [2.05, 4.69) is 17.9 Å². The maximum absolute atomic E-state index is 11.6. The molecule has 2 aromatic rings. The Morgan fingerprint density at radius 2 is 2.00 bits per heavy atom. The third-order valence-electron chi connectivity index (χ3n) is 2.68. The van der Waals surface area contributed by atoms with Crippen LogP contribution in [0.3, 0.4) is 0 Å². The van der Waals surface area contributed by atoms with Crippen LogP contribution in [-0.4, -0.2) is 18.2 Å². The van der Waals surface area contributed by atoms with Crippen molar-refractivity contribution in [3.05, 3.63) is 53.5 Å². The molecule has 0 fully saturated rings. The largest absolute Gasteiger partial charge is 0.486 e. The number of carbonyl (C=O) groups is 1. The molecule has 0 atom stereocenters. The van der Waals surface area contributed by atoms with Gasteiger partial charge >= 0.3 is 0 Å². The van der Waals surface area contributed by atoms with E-state index >= 15 is 0 Å². The van der Waals surface area contributed by atoms with Crippen LogP contribution in [0, 0.1) is 6.92 Å². The fourth-order valence-electron chi connectivity index (χ4n) is 1.62. The summed E-state index contributed by atoms with van der Waals surface area (Å²) in [4.78, 5) is 11.6. The molecular formula is C15H17NO3S. The summed E-state index contributed by atoms with van der Waals surface area (Å²) in [5.74, 6) is 2.03. The number of aryl methyl sites for hydroxylation is 1. The molecule has 4 nitrogen and oxygen atoms in total. The van der Waals surface area contributed by atoms with Crippen molar-refractivity contribution < 1.29 is 13.9 Å². The van der Waals surface area contributed by atoms with Crippen molar-refractivity contribution in [2.24, 2.45) is 0 Å². The highest BCUT2D eigenvalue weighted by molar-refractivity contribution is 7.80. The molecule has 0 aliphatic heterocycles. The van der Waals surface area contributed by atoms with Gasteiger partial charge in [-0.05, 0) is 31.2 Å². The molecule has 1 heterocycles. The highest BCUT2D eigenvalue weighted by Crippen LogP contribution is 2.15. The Balaban J connectivity index is 1.89. The molecule has 1 N–H and O–H groups in total. The van der Waals surface area contributed by atoms with Gasteiger partial charge in [0.1, 0.15) is 18.1 Å². The number of rotatable bonds is 6. The van der Waals surface area contributed by atoms with E-state index in [0.717, 1.165) is 5.75 Å². The SMILES string of the molecule is Cc1ccc(OCc2ccc(C(=O)NCCS)o2)cc1. The normalized spacial score (nSPS) is 10.3. The quantitative estimate of drug-likeness (QED) is 0.805. The monoisotopic (exact) mass is 291 g/mol. The Morgan fingerprint density at radius 1 is 1.25 bits per heavy atom. The molecule has 1 aromatic carbocycles. The van der Waals surface area contributed by atoms with Crippen LogP contribution in [0.15, 0.2) is 40.8 Å². The van der Waals surface area contributed by atoms with Gasteiger partial charge in [-0.3, -0.25) is 4.79 Å². The third-order valence-corrected chi connectivity index (χ3v) is 2.91. The first-order valence-corrected chi connectivity index (χ1v) is 6.99. The van der Waals surface area contributed by atoms with Crippen LogP contribution in [0.5, 0.6) is 5.75 Å². The van der Waals surface area contributed by atoms with E-state index in [1.807, 2.05) is 31.2 Å². The van der Waals surface area contributed by atoms with Crippen LogP contribution < -0.4 is 10.1 Å². The summed E-state index contributed by atoms with van der Waals surface area (Å²) in [6, 6.07) is 11.1. The fourth-order valence-corrected chi connectivity index (χ4v) is 1.73. The second-order valence-corrected chi connectivity index (χ2v) is 4.79. The van der Waals surface area contributed by atoms with Crippen molar-refractivity contribution in [2.75, 3.05) is 12.3 Å². The van der Waals surface area contributed by atoms with E-state index in [1.165, 1.54) is 5.56 Å². The summed E-state index contributed by atoms with van der Waals surface area (Å²) >= 11 is 4.03. The molecule has 1 amide bonds. The number of nitrogens with one attached hydrogen (secondary N) is 1. The molecule has 0 saturated carbocycles. The molecule has 0 aliphatic carbocycles. The second kappa shape index (κ2) is 7.05. The van der Waals surface area contributed by atoms with Crippen LogP contribution in [0.4, 0.5) is 0 Å². The lowest BCUT2D eigenvalue weighted by Gasteiger charge is -2.04. The van der Waals surface area contributed by atoms with Crippen molar-refractivity contribution in [1.82, 2.24) is 5.32 Å². The molecule has 106 valence electrons. The maximum Gasteiger partial charge on any atom is 0.287 e. The van der Waals surface area contributed by atoms with E-state index in [9.17, 15) is 4.79 Å². The van der Waals surface area contributed by atoms with E-state index in [1.54, 1.807) is 12.1 Å². The topological polar surface area (TPSA) is 51.5 Å². The van der Waals surface area contributed by atoms with E-state index in [4.69, 9.17) is 9.15 Å². The van der Waals surface area contributed by atoms with Crippen molar-refractivity contribution >= 4 is 18.5 Å². The zero-order chi connectivity index (χ0) is 14.4. The maximum atomic E-state index is 11.6. The van der Waals surface area contributed by atoms with Crippen molar-refractivity contribution in [3.63, 3.8) is 0 Å². The minimum atomic E-state index is -0.236. The molecule has 0 unspecified atom stereocenters. The Kier molecular flexibility index (Phi) is 5.12. The van der Waals surface area contributed by atoms with Crippen LogP contribution in [0.25, 0.3) is 0 Å². The van der Waals surface area contributed by atoms with E-state index < -0.39 is 0 Å². The summed E-state index contributed by atoms with van der Waals surface area (Å²) in [7, 11) is 0. The summed E-state index contributed by atoms with van der Waals surface area (Å²) < 4.78 is 11.0. The van der Waals surface area contributed by atoms with Crippen LogP contribution in [0.1, 0.15) is 21.9 Å². The van der Waals surface area contributed by atoms with Crippen molar-refractivity contribution in [1.29, 1.82) is 0 Å². The molecular weight excluding hydrogens is 274 g/mol. The van der Waals surface area contributed by atoms with E-state index in [0.29, 0.717) is 24.7 Å². The van der Waals surface area contributed by atoms with Gasteiger partial charge in [0, 0.05) is 12.3 Å². The lowest BCUT2D eigenvalue weighted by atomic mass is 10.2. The summed E-state index contributed by atoms with van der Waals surface area (Å²) in [6.07, 6.45) is 0. The first-order chi connectivity index (χ1) is 9.69. The fraction of sp³-hybridized carbons (Fsp3) is 0.267. The average molecular weight is 291 g/mol. The lowest BCUT2D eigenvalue weighted by molar-refractivity contribution is 0.0924. The van der Waals surface area contributed by atoms with Gasteiger partial charge in [-0.25, -0.2) is 0 Å². The summed E-state index contributed by atoms with van der Waals surface area (Å²) in [5.41, 5.74) is 1.18. The lowest BCUT2D eigenvalue weighted by Crippen LogP contribution is -2.24. The Bertz CT molecular complexity index is 563. The Labute approximate surface area is 123 Å². The molecule has 0 spiro atoms. The average Bonchev–Trinajstić information content (AvgIpc) is 2.93. The van der Waals surface area contributed by atoms with Gasteiger partial charge < -0.3 is 14.5 Å². The molecule has 2 rings (SSSR count). The number of benzene rings is 1. The number of ether oxygens (including phenoxy) is 1. The molecule has 0 aliphatic rings. The highest BCUT2D eigenvalue weighted by Gasteiger charge is 2.10. The van der Waals surface area contributed by atoms with Crippen LogP contribution in [0.2, 0.25) is 0 Å². The summed E-state index contributed by atoms with van der Waals surface area (Å²) in [5, 5.41) is 2.69. The highest BCUT2D eigenvalue weighted by atomic mass is 32.1. The molecule has 0 saturated heterocycles. The first-order valence-electron chi connectivity index (χ1n) is 6.36. The van der Waals surface area contributed by atoms with Crippen LogP contribution in [-0.2, 0) is 6.61 Å². The minimum absolute atomic E-state index is 0.236. The van der Waals surface area contributed by atoms with Crippen molar-refractivity contribution in [3.8, 4) is 5.75 Å². The third kappa shape index (κ3) is 4.06. The number of amides is 1. The number of hydrogen-bond donors (Lipinski definition) is 2. The standard InChI is InChI=1S/C15H17NO3S/c1-11-2-4-12(5-3-11)18-10-13-6-7-14(19-13)15(17)16-8-9-20/h2-7,20H,8-10H2,1H3,(H,16,17). The van der Waals surface area contributed by atoms with Gasteiger partial charge in [0.05, 0.1) is 0 Å². The van der Waals surface area contributed by atoms with Gasteiger partial charge in [-0.1, -0.05) is 17.7 Å². The van der Waals surface area contributed by atoms with Gasteiger partial charge in [0.2, 0.25) is 0 Å². The zero-order valence-corrected chi connectivity index (χ0v) is 12.2. The molecule has 5 heteroatoms. The van der Waals surface area contributed by atoms with Crippen LogP contribution >= 0.6 is 12.6 Å². The number of hydrogen-bond acceptors (Lipinski definition) is 4. The molecule has 0 bridgehead atoms. The Morgan fingerprint density at radius 3 is 2.70 bits per heavy atom. The molecule has 0 radical (unpaired) electrons. The smallest absolute Gasteiger partial charge is 0.287 e.